The predicted molar refractivity (Wildman–Crippen MR) is 110 cm³/mol. The van der Waals surface area contributed by atoms with Crippen LogP contribution in [0.2, 0.25) is 0 Å². The number of halogens is 2. The molecule has 0 unspecified atom stereocenters. The molecule has 10 heteroatoms. The molecule has 0 aliphatic carbocycles. The Hall–Kier alpha value is -3.56. The molecular formula is C21H20F2N6O2. The van der Waals surface area contributed by atoms with Gasteiger partial charge in [-0.05, 0) is 43.2 Å². The number of carbonyl (C=O) groups excluding carboxylic acids is 1. The van der Waals surface area contributed by atoms with E-state index in [4.69, 9.17) is 4.74 Å². The molecule has 2 aliphatic heterocycles. The fraction of sp³-hybridized carbons (Fsp3) is 0.333. The summed E-state index contributed by atoms with van der Waals surface area (Å²) in [5, 5.41) is 10.9. The Kier molecular flexibility index (Phi) is 4.76. The predicted octanol–water partition coefficient (Wildman–Crippen LogP) is 3.22. The lowest BCUT2D eigenvalue weighted by atomic mass is 10.1. The van der Waals surface area contributed by atoms with E-state index in [-0.39, 0.29) is 18.7 Å². The van der Waals surface area contributed by atoms with Crippen molar-refractivity contribution < 1.29 is 18.3 Å². The maximum Gasteiger partial charge on any atom is 0.282 e. The van der Waals surface area contributed by atoms with Gasteiger partial charge in [-0.1, -0.05) is 6.07 Å². The summed E-state index contributed by atoms with van der Waals surface area (Å²) < 4.78 is 34.4. The van der Waals surface area contributed by atoms with Crippen LogP contribution in [-0.2, 0) is 6.54 Å². The van der Waals surface area contributed by atoms with E-state index in [0.29, 0.717) is 41.9 Å². The molecule has 2 bridgehead atoms. The van der Waals surface area contributed by atoms with Crippen molar-refractivity contribution in [1.82, 2.24) is 19.7 Å². The van der Waals surface area contributed by atoms with Gasteiger partial charge < -0.3 is 19.5 Å². The molecular weight excluding hydrogens is 406 g/mol. The highest BCUT2D eigenvalue weighted by molar-refractivity contribution is 6.06. The maximum absolute atomic E-state index is 13.3. The molecule has 4 heterocycles. The second-order valence-corrected chi connectivity index (χ2v) is 7.66. The molecule has 0 spiro atoms. The number of anilines is 2. The lowest BCUT2D eigenvalue weighted by molar-refractivity contribution is -0.0262. The average Bonchev–Trinajstić information content (AvgIpc) is 3.20. The van der Waals surface area contributed by atoms with Gasteiger partial charge in [0.2, 0.25) is 0 Å². The van der Waals surface area contributed by atoms with Gasteiger partial charge in [-0.2, -0.15) is 0 Å². The Labute approximate surface area is 176 Å². The first-order valence-electron chi connectivity index (χ1n) is 10.0. The number of carbonyl (C=O) groups is 1. The van der Waals surface area contributed by atoms with Crippen LogP contribution in [0, 0.1) is 0 Å². The van der Waals surface area contributed by atoms with Crippen molar-refractivity contribution in [1.29, 1.82) is 0 Å². The summed E-state index contributed by atoms with van der Waals surface area (Å²) in [6.07, 6.45) is 3.24. The smallest absolute Gasteiger partial charge is 0.282 e. The van der Waals surface area contributed by atoms with Crippen LogP contribution in [-0.4, -0.2) is 51.3 Å². The van der Waals surface area contributed by atoms with Crippen LogP contribution < -0.4 is 15.0 Å². The Balaban J connectivity index is 1.48. The van der Waals surface area contributed by atoms with E-state index >= 15 is 0 Å². The van der Waals surface area contributed by atoms with Gasteiger partial charge >= 0.3 is 0 Å². The van der Waals surface area contributed by atoms with E-state index in [9.17, 15) is 13.6 Å². The van der Waals surface area contributed by atoms with Crippen molar-refractivity contribution in [3.63, 3.8) is 0 Å². The van der Waals surface area contributed by atoms with E-state index in [1.54, 1.807) is 42.7 Å². The molecule has 1 amide bonds. The number of pyridine rings is 1. The van der Waals surface area contributed by atoms with Crippen molar-refractivity contribution in [2.45, 2.75) is 25.3 Å². The molecule has 160 valence electrons. The number of benzene rings is 1. The number of alkyl halides is 2. The number of fused-ring (bicyclic) bond motifs is 5. The summed E-state index contributed by atoms with van der Waals surface area (Å²) in [4.78, 5) is 19.1. The summed E-state index contributed by atoms with van der Waals surface area (Å²) in [7, 11) is 0. The lowest BCUT2D eigenvalue weighted by Gasteiger charge is -2.40. The highest BCUT2D eigenvalue weighted by Crippen LogP contribution is 2.34. The Morgan fingerprint density at radius 1 is 1.13 bits per heavy atom. The minimum Gasteiger partial charge on any atom is -0.493 e. The van der Waals surface area contributed by atoms with Crippen LogP contribution >= 0.6 is 0 Å². The third kappa shape index (κ3) is 3.92. The van der Waals surface area contributed by atoms with E-state index in [1.807, 2.05) is 4.57 Å². The molecule has 0 radical (unpaired) electrons. The van der Waals surface area contributed by atoms with Gasteiger partial charge in [-0.15, -0.1) is 10.2 Å². The molecule has 3 aromatic rings. The van der Waals surface area contributed by atoms with Gasteiger partial charge in [0.25, 0.3) is 11.8 Å². The fourth-order valence-electron chi connectivity index (χ4n) is 3.71. The first kappa shape index (κ1) is 19.4. The second kappa shape index (κ2) is 7.60. The van der Waals surface area contributed by atoms with E-state index in [1.165, 1.54) is 4.90 Å². The number of hydrogen-bond acceptors (Lipinski definition) is 6. The monoisotopic (exact) mass is 426 g/mol. The summed E-state index contributed by atoms with van der Waals surface area (Å²) in [5.41, 5.74) is 1.43. The zero-order chi connectivity index (χ0) is 21.4. The molecule has 1 fully saturated rings. The zero-order valence-electron chi connectivity index (χ0n) is 16.6. The zero-order valence-corrected chi connectivity index (χ0v) is 16.6. The molecule has 1 aromatic carbocycles. The summed E-state index contributed by atoms with van der Waals surface area (Å²) >= 11 is 0. The Bertz CT molecular complexity index is 1120. The molecule has 5 rings (SSSR count). The maximum atomic E-state index is 13.3. The molecule has 1 saturated heterocycles. The van der Waals surface area contributed by atoms with Gasteiger partial charge in [0, 0.05) is 12.2 Å². The number of rotatable bonds is 1. The van der Waals surface area contributed by atoms with Crippen LogP contribution in [0.1, 0.15) is 23.2 Å². The first-order chi connectivity index (χ1) is 15.0. The standard InChI is InChI=1S/C21H20F2N6O2/c22-21(23)11-29(12-21)14-6-7-17-15(10-14)20(30)26-18-5-3-4-16(25-18)19-27-24-13-28(19)8-1-2-9-31-17/h3-7,10,13H,1-2,8-9,11-12H2,(H,25,26,30). The van der Waals surface area contributed by atoms with Crippen molar-refractivity contribution in [3.05, 3.63) is 48.3 Å². The lowest BCUT2D eigenvalue weighted by Crippen LogP contribution is -2.56. The highest BCUT2D eigenvalue weighted by Gasteiger charge is 2.44. The Morgan fingerprint density at radius 2 is 2.00 bits per heavy atom. The molecule has 1 N–H and O–H groups in total. The van der Waals surface area contributed by atoms with Gasteiger partial charge in [0.1, 0.15) is 23.6 Å². The van der Waals surface area contributed by atoms with Crippen molar-refractivity contribution >= 4 is 17.4 Å². The number of amides is 1. The molecule has 0 atom stereocenters. The molecule has 0 saturated carbocycles. The van der Waals surface area contributed by atoms with Crippen molar-refractivity contribution in [3.8, 4) is 17.3 Å². The first-order valence-corrected chi connectivity index (χ1v) is 10.0. The number of hydrogen-bond donors (Lipinski definition) is 1. The number of nitrogens with one attached hydrogen (secondary N) is 1. The number of aryl methyl sites for hydroxylation is 1. The molecule has 8 nitrogen and oxygen atoms in total. The van der Waals surface area contributed by atoms with E-state index < -0.39 is 11.8 Å². The third-order valence-electron chi connectivity index (χ3n) is 5.30. The van der Waals surface area contributed by atoms with Crippen LogP contribution in [0.15, 0.2) is 42.7 Å². The third-order valence-corrected chi connectivity index (χ3v) is 5.30. The Morgan fingerprint density at radius 3 is 2.84 bits per heavy atom. The van der Waals surface area contributed by atoms with Crippen molar-refractivity contribution in [2.24, 2.45) is 0 Å². The summed E-state index contributed by atoms with van der Waals surface area (Å²) in [6, 6.07) is 10.2. The van der Waals surface area contributed by atoms with Gasteiger partial charge in [-0.25, -0.2) is 13.8 Å². The number of aromatic nitrogens is 4. The van der Waals surface area contributed by atoms with E-state index in [2.05, 4.69) is 20.5 Å². The largest absolute Gasteiger partial charge is 0.493 e. The van der Waals surface area contributed by atoms with Crippen LogP contribution in [0.3, 0.4) is 0 Å². The minimum atomic E-state index is -2.70. The quantitative estimate of drug-likeness (QED) is 0.643. The minimum absolute atomic E-state index is 0.278. The van der Waals surface area contributed by atoms with Gasteiger partial charge in [0.15, 0.2) is 5.82 Å². The second-order valence-electron chi connectivity index (χ2n) is 7.66. The van der Waals surface area contributed by atoms with Crippen LogP contribution in [0.4, 0.5) is 20.3 Å². The van der Waals surface area contributed by atoms with E-state index in [0.717, 1.165) is 12.8 Å². The molecule has 2 aliphatic rings. The van der Waals surface area contributed by atoms with Crippen LogP contribution in [0.25, 0.3) is 11.5 Å². The van der Waals surface area contributed by atoms with Crippen LogP contribution in [0.5, 0.6) is 5.75 Å². The van der Waals surface area contributed by atoms with Gasteiger partial charge in [-0.3, -0.25) is 4.79 Å². The summed E-state index contributed by atoms with van der Waals surface area (Å²) in [5.74, 6) is -1.74. The highest BCUT2D eigenvalue weighted by atomic mass is 19.3. The number of ether oxygens (including phenoxy) is 1. The average molecular weight is 426 g/mol. The van der Waals surface area contributed by atoms with Gasteiger partial charge in [0.05, 0.1) is 25.3 Å². The molecule has 31 heavy (non-hydrogen) atoms. The molecule has 2 aromatic heterocycles. The topological polar surface area (TPSA) is 85.2 Å². The SMILES string of the molecule is O=C1Nc2cccc(n2)-c2nncn2CCCCOc2ccc(N3CC(F)(F)C3)cc21. The normalized spacial score (nSPS) is 18.0. The fourth-order valence-corrected chi connectivity index (χ4v) is 3.71. The number of nitrogens with zero attached hydrogens (tertiary/aromatic N) is 5. The van der Waals surface area contributed by atoms with Crippen molar-refractivity contribution in [2.75, 3.05) is 29.9 Å². The summed E-state index contributed by atoms with van der Waals surface area (Å²) in [6.45, 7) is 0.401.